The van der Waals surface area contributed by atoms with Gasteiger partial charge in [-0.05, 0) is 23.8 Å². The predicted octanol–water partition coefficient (Wildman–Crippen LogP) is 3.14. The summed E-state index contributed by atoms with van der Waals surface area (Å²) >= 11 is 0. The summed E-state index contributed by atoms with van der Waals surface area (Å²) in [5.74, 6) is 0. The van der Waals surface area contributed by atoms with E-state index in [1.165, 1.54) is 0 Å². The Labute approximate surface area is 110 Å². The number of benzene rings is 1. The summed E-state index contributed by atoms with van der Waals surface area (Å²) in [4.78, 5) is 0. The van der Waals surface area contributed by atoms with Gasteiger partial charge >= 0.3 is 12.4 Å². The highest BCUT2D eigenvalue weighted by Crippen LogP contribution is 2.38. The van der Waals surface area contributed by atoms with Crippen LogP contribution in [0.1, 0.15) is 22.7 Å². The molecule has 0 aromatic heterocycles. The van der Waals surface area contributed by atoms with Gasteiger partial charge in [0.2, 0.25) is 0 Å². The molecule has 0 saturated carbocycles. The number of nitrogens with two attached hydrogens (primary N) is 1. The number of aliphatic hydroxyl groups is 1. The van der Waals surface area contributed by atoms with E-state index in [1.54, 1.807) is 0 Å². The van der Waals surface area contributed by atoms with E-state index in [4.69, 9.17) is 10.8 Å². The number of alkyl halides is 6. The number of halogens is 7. The van der Waals surface area contributed by atoms with Crippen LogP contribution in [0.4, 0.5) is 26.3 Å². The van der Waals surface area contributed by atoms with Crippen LogP contribution < -0.4 is 5.73 Å². The third-order valence-electron chi connectivity index (χ3n) is 2.28. The third kappa shape index (κ3) is 4.26. The first kappa shape index (κ1) is 18.0. The highest BCUT2D eigenvalue weighted by Gasteiger charge is 2.37. The van der Waals surface area contributed by atoms with Gasteiger partial charge in [0.1, 0.15) is 0 Å². The first-order chi connectivity index (χ1) is 8.07. The maximum Gasteiger partial charge on any atom is 0.416 e. The lowest BCUT2D eigenvalue weighted by atomic mass is 9.98. The van der Waals surface area contributed by atoms with E-state index in [0.717, 1.165) is 0 Å². The van der Waals surface area contributed by atoms with Crippen molar-refractivity contribution in [2.75, 3.05) is 6.61 Å². The van der Waals surface area contributed by atoms with E-state index < -0.39 is 41.7 Å². The molecule has 1 aromatic rings. The third-order valence-corrected chi connectivity index (χ3v) is 2.28. The fourth-order valence-corrected chi connectivity index (χ4v) is 1.40. The van der Waals surface area contributed by atoms with Gasteiger partial charge in [0, 0.05) is 0 Å². The van der Waals surface area contributed by atoms with Crippen LogP contribution in [0, 0.1) is 0 Å². The van der Waals surface area contributed by atoms with Crippen LogP contribution in [-0.4, -0.2) is 11.7 Å². The normalized spacial score (nSPS) is 13.9. The maximum atomic E-state index is 12.6. The minimum absolute atomic E-state index is 0. The van der Waals surface area contributed by atoms with E-state index >= 15 is 0 Å². The lowest BCUT2D eigenvalue weighted by Crippen LogP contribution is -2.21. The first-order valence-electron chi connectivity index (χ1n) is 4.72. The summed E-state index contributed by atoms with van der Waals surface area (Å²) in [7, 11) is 0. The molecule has 0 spiro atoms. The SMILES string of the molecule is Cl.N[C@@H](CO)c1cc(C(F)(F)F)ccc1C(F)(F)F. The molecule has 0 radical (unpaired) electrons. The van der Waals surface area contributed by atoms with Gasteiger partial charge in [0.25, 0.3) is 0 Å². The highest BCUT2D eigenvalue weighted by atomic mass is 35.5. The lowest BCUT2D eigenvalue weighted by Gasteiger charge is -2.18. The average Bonchev–Trinajstić information content (AvgIpc) is 2.24. The molecule has 0 saturated heterocycles. The largest absolute Gasteiger partial charge is 0.416 e. The van der Waals surface area contributed by atoms with Crippen molar-refractivity contribution >= 4 is 12.4 Å². The van der Waals surface area contributed by atoms with Crippen molar-refractivity contribution in [3.8, 4) is 0 Å². The minimum atomic E-state index is -4.83. The zero-order valence-electron chi connectivity index (χ0n) is 9.22. The molecule has 0 aliphatic heterocycles. The Hall–Kier alpha value is -0.990. The van der Waals surface area contributed by atoms with Crippen LogP contribution in [0.15, 0.2) is 18.2 Å². The molecule has 1 rings (SSSR count). The maximum absolute atomic E-state index is 12.6. The average molecular weight is 310 g/mol. The second kappa shape index (κ2) is 5.98. The summed E-state index contributed by atoms with van der Waals surface area (Å²) in [5, 5.41) is 8.70. The predicted molar refractivity (Wildman–Crippen MR) is 57.7 cm³/mol. The van der Waals surface area contributed by atoms with Crippen LogP contribution in [0.2, 0.25) is 0 Å². The second-order valence-corrected chi connectivity index (χ2v) is 3.59. The Morgan fingerprint density at radius 3 is 1.95 bits per heavy atom. The van der Waals surface area contributed by atoms with Gasteiger partial charge in [-0.1, -0.05) is 0 Å². The summed E-state index contributed by atoms with van der Waals surface area (Å²) in [6.07, 6.45) is -9.60. The van der Waals surface area contributed by atoms with Crippen LogP contribution in [0.25, 0.3) is 0 Å². The zero-order chi connectivity index (χ0) is 14.1. The monoisotopic (exact) mass is 309 g/mol. The molecule has 0 aliphatic rings. The minimum Gasteiger partial charge on any atom is -0.394 e. The Morgan fingerprint density at radius 2 is 1.58 bits per heavy atom. The fraction of sp³-hybridized carbons (Fsp3) is 0.400. The summed E-state index contributed by atoms with van der Waals surface area (Å²) < 4.78 is 74.8. The summed E-state index contributed by atoms with van der Waals surface area (Å²) in [5.41, 5.74) is 1.89. The number of hydrogen-bond acceptors (Lipinski definition) is 2. The second-order valence-electron chi connectivity index (χ2n) is 3.59. The van der Waals surface area contributed by atoms with Crippen molar-refractivity contribution in [2.45, 2.75) is 18.4 Å². The molecular formula is C10H10ClF6NO. The smallest absolute Gasteiger partial charge is 0.394 e. The van der Waals surface area contributed by atoms with Crippen molar-refractivity contribution in [3.05, 3.63) is 34.9 Å². The van der Waals surface area contributed by atoms with Crippen molar-refractivity contribution in [1.29, 1.82) is 0 Å². The molecule has 0 aliphatic carbocycles. The van der Waals surface area contributed by atoms with Gasteiger partial charge in [0.05, 0.1) is 23.8 Å². The lowest BCUT2D eigenvalue weighted by molar-refractivity contribution is -0.142. The van der Waals surface area contributed by atoms with E-state index in [-0.39, 0.29) is 12.4 Å². The molecular weight excluding hydrogens is 300 g/mol. The molecule has 0 heterocycles. The molecule has 9 heteroatoms. The van der Waals surface area contributed by atoms with Crippen molar-refractivity contribution < 1.29 is 31.4 Å². The van der Waals surface area contributed by atoms with E-state index in [1.807, 2.05) is 0 Å². The van der Waals surface area contributed by atoms with E-state index in [2.05, 4.69) is 0 Å². The highest BCUT2D eigenvalue weighted by molar-refractivity contribution is 5.85. The molecule has 1 atom stereocenters. The molecule has 1 aromatic carbocycles. The van der Waals surface area contributed by atoms with Gasteiger partial charge in [-0.15, -0.1) is 12.4 Å². The van der Waals surface area contributed by atoms with E-state index in [0.29, 0.717) is 18.2 Å². The molecule has 0 amide bonds. The Kier molecular flexibility index (Phi) is 5.66. The fourth-order valence-electron chi connectivity index (χ4n) is 1.40. The van der Waals surface area contributed by atoms with Crippen molar-refractivity contribution in [1.82, 2.24) is 0 Å². The molecule has 110 valence electrons. The topological polar surface area (TPSA) is 46.2 Å². The Bertz CT molecular complexity index is 431. The zero-order valence-corrected chi connectivity index (χ0v) is 10.0. The van der Waals surface area contributed by atoms with E-state index in [9.17, 15) is 26.3 Å². The Morgan fingerprint density at radius 1 is 1.05 bits per heavy atom. The van der Waals surface area contributed by atoms with Gasteiger partial charge in [-0.25, -0.2) is 0 Å². The molecule has 0 fully saturated rings. The number of hydrogen-bond donors (Lipinski definition) is 2. The van der Waals surface area contributed by atoms with Gasteiger partial charge < -0.3 is 10.8 Å². The molecule has 0 bridgehead atoms. The number of rotatable bonds is 2. The van der Waals surface area contributed by atoms with Crippen LogP contribution >= 0.6 is 12.4 Å². The van der Waals surface area contributed by atoms with Gasteiger partial charge in [-0.2, -0.15) is 26.3 Å². The number of aliphatic hydroxyl groups excluding tert-OH is 1. The molecule has 19 heavy (non-hydrogen) atoms. The molecule has 0 unspecified atom stereocenters. The first-order valence-corrected chi connectivity index (χ1v) is 4.72. The van der Waals surface area contributed by atoms with Crippen LogP contribution in [0.3, 0.4) is 0 Å². The van der Waals surface area contributed by atoms with Crippen molar-refractivity contribution in [2.24, 2.45) is 5.73 Å². The molecule has 3 N–H and O–H groups in total. The van der Waals surface area contributed by atoms with Crippen LogP contribution in [0.5, 0.6) is 0 Å². The summed E-state index contributed by atoms with van der Waals surface area (Å²) in [6, 6.07) is -0.572. The standard InChI is InChI=1S/C10H9F6NO.ClH/c11-9(12,13)5-1-2-7(10(14,15)16)6(3-5)8(17)4-18;/h1-3,8,18H,4,17H2;1H/t8-;/m0./s1. The quantitative estimate of drug-likeness (QED) is 0.825. The van der Waals surface area contributed by atoms with Gasteiger partial charge in [-0.3, -0.25) is 0 Å². The van der Waals surface area contributed by atoms with Gasteiger partial charge in [0.15, 0.2) is 0 Å². The summed E-state index contributed by atoms with van der Waals surface area (Å²) in [6.45, 7) is -0.885. The Balaban J connectivity index is 0.00000324. The van der Waals surface area contributed by atoms with Crippen LogP contribution in [-0.2, 0) is 12.4 Å². The van der Waals surface area contributed by atoms with Crippen molar-refractivity contribution in [3.63, 3.8) is 0 Å². The molecule has 2 nitrogen and oxygen atoms in total.